The molecule has 0 radical (unpaired) electrons. The summed E-state index contributed by atoms with van der Waals surface area (Å²) < 4.78 is 10.4. The first-order chi connectivity index (χ1) is 13.7. The molecule has 0 fully saturated rings. The van der Waals surface area contributed by atoms with E-state index in [2.05, 4.69) is 10.3 Å². The number of hydrogen-bond donors (Lipinski definition) is 1. The first kappa shape index (κ1) is 19.4. The van der Waals surface area contributed by atoms with Crippen molar-refractivity contribution in [2.75, 3.05) is 13.2 Å². The van der Waals surface area contributed by atoms with E-state index in [0.717, 1.165) is 16.7 Å². The van der Waals surface area contributed by atoms with Gasteiger partial charge in [-0.2, -0.15) is 0 Å². The van der Waals surface area contributed by atoms with Crippen LogP contribution in [-0.4, -0.2) is 30.1 Å². The van der Waals surface area contributed by atoms with Crippen LogP contribution in [0.1, 0.15) is 25.3 Å². The molecular weight excluding hydrogens is 356 g/mol. The van der Waals surface area contributed by atoms with Gasteiger partial charge < -0.3 is 14.8 Å². The number of nitrogens with one attached hydrogen (secondary N) is 1. The Bertz CT molecular complexity index is 885. The smallest absolute Gasteiger partial charge is 0.336 e. The van der Waals surface area contributed by atoms with Crippen molar-refractivity contribution in [2.45, 2.75) is 19.8 Å². The van der Waals surface area contributed by atoms with Gasteiger partial charge in [-0.05, 0) is 36.6 Å². The van der Waals surface area contributed by atoms with Gasteiger partial charge >= 0.3 is 11.9 Å². The van der Waals surface area contributed by atoms with E-state index in [0.29, 0.717) is 11.1 Å². The average molecular weight is 378 g/mol. The SMILES string of the molecule is CCOC(=O)C1=CNC=C(C(=O)OCC)C1c1cccc(-c2cccnc2)c1. The van der Waals surface area contributed by atoms with E-state index in [1.165, 1.54) is 0 Å². The maximum absolute atomic E-state index is 12.5. The van der Waals surface area contributed by atoms with Gasteiger partial charge in [0.2, 0.25) is 0 Å². The largest absolute Gasteiger partial charge is 0.463 e. The molecule has 1 aromatic heterocycles. The molecule has 1 aliphatic heterocycles. The molecule has 1 aliphatic rings. The summed E-state index contributed by atoms with van der Waals surface area (Å²) in [6.45, 7) is 3.98. The highest BCUT2D eigenvalue weighted by Gasteiger charge is 2.34. The van der Waals surface area contributed by atoms with Gasteiger partial charge in [-0.25, -0.2) is 9.59 Å². The van der Waals surface area contributed by atoms with Gasteiger partial charge in [-0.15, -0.1) is 0 Å². The van der Waals surface area contributed by atoms with Crippen LogP contribution in [0.5, 0.6) is 0 Å². The summed E-state index contributed by atoms with van der Waals surface area (Å²) in [5.74, 6) is -1.53. The Balaban J connectivity index is 2.05. The first-order valence-electron chi connectivity index (χ1n) is 9.16. The number of hydrogen-bond acceptors (Lipinski definition) is 6. The number of aromatic nitrogens is 1. The van der Waals surface area contributed by atoms with Crippen molar-refractivity contribution in [3.63, 3.8) is 0 Å². The molecule has 0 saturated heterocycles. The van der Waals surface area contributed by atoms with E-state index in [1.807, 2.05) is 36.4 Å². The molecule has 0 saturated carbocycles. The van der Waals surface area contributed by atoms with Crippen molar-refractivity contribution in [1.29, 1.82) is 0 Å². The summed E-state index contributed by atoms with van der Waals surface area (Å²) in [5.41, 5.74) is 3.39. The Hall–Kier alpha value is -3.41. The van der Waals surface area contributed by atoms with Crippen LogP contribution >= 0.6 is 0 Å². The summed E-state index contributed by atoms with van der Waals surface area (Å²) in [4.78, 5) is 29.2. The molecule has 28 heavy (non-hydrogen) atoms. The highest BCUT2D eigenvalue weighted by atomic mass is 16.5. The molecule has 0 aliphatic carbocycles. The third-order valence-electron chi connectivity index (χ3n) is 4.34. The van der Waals surface area contributed by atoms with Crippen LogP contribution in [0, 0.1) is 0 Å². The Kier molecular flexibility index (Phi) is 6.22. The summed E-state index contributed by atoms with van der Waals surface area (Å²) in [6, 6.07) is 11.5. The third-order valence-corrected chi connectivity index (χ3v) is 4.34. The Labute approximate surface area is 163 Å². The minimum absolute atomic E-state index is 0.247. The molecule has 3 rings (SSSR count). The fourth-order valence-corrected chi connectivity index (χ4v) is 3.13. The quantitative estimate of drug-likeness (QED) is 0.777. The maximum atomic E-state index is 12.5. The molecule has 0 unspecified atom stereocenters. The van der Waals surface area contributed by atoms with Gasteiger partial charge in [0.25, 0.3) is 0 Å². The zero-order valence-electron chi connectivity index (χ0n) is 15.8. The molecule has 0 bridgehead atoms. The number of pyridine rings is 1. The molecule has 6 heteroatoms. The second-order valence-corrected chi connectivity index (χ2v) is 6.11. The number of esters is 2. The van der Waals surface area contributed by atoms with Crippen LogP contribution in [0.15, 0.2) is 72.3 Å². The highest BCUT2D eigenvalue weighted by Crippen LogP contribution is 2.36. The van der Waals surface area contributed by atoms with Crippen LogP contribution in [0.25, 0.3) is 11.1 Å². The molecular formula is C22H22N2O4. The van der Waals surface area contributed by atoms with E-state index in [-0.39, 0.29) is 13.2 Å². The fraction of sp³-hybridized carbons (Fsp3) is 0.227. The Morgan fingerprint density at radius 2 is 1.61 bits per heavy atom. The lowest BCUT2D eigenvalue weighted by atomic mass is 9.83. The zero-order valence-corrected chi connectivity index (χ0v) is 15.8. The van der Waals surface area contributed by atoms with Crippen LogP contribution in [0.2, 0.25) is 0 Å². The zero-order chi connectivity index (χ0) is 19.9. The van der Waals surface area contributed by atoms with E-state index >= 15 is 0 Å². The summed E-state index contributed by atoms with van der Waals surface area (Å²) in [7, 11) is 0. The molecule has 0 amide bonds. The Morgan fingerprint density at radius 3 is 2.18 bits per heavy atom. The number of dihydropyridines is 1. The minimum Gasteiger partial charge on any atom is -0.463 e. The topological polar surface area (TPSA) is 77.5 Å². The van der Waals surface area contributed by atoms with Crippen molar-refractivity contribution in [1.82, 2.24) is 10.3 Å². The normalized spacial score (nSPS) is 13.8. The van der Waals surface area contributed by atoms with Crippen molar-refractivity contribution in [3.05, 3.63) is 77.9 Å². The maximum Gasteiger partial charge on any atom is 0.336 e. The molecule has 0 spiro atoms. The van der Waals surface area contributed by atoms with Gasteiger partial charge in [0.1, 0.15) is 0 Å². The number of benzene rings is 1. The molecule has 6 nitrogen and oxygen atoms in total. The molecule has 144 valence electrons. The van der Waals surface area contributed by atoms with E-state index < -0.39 is 17.9 Å². The Morgan fingerprint density at radius 1 is 0.964 bits per heavy atom. The lowest BCUT2D eigenvalue weighted by molar-refractivity contribution is -0.139. The van der Waals surface area contributed by atoms with Gasteiger partial charge in [-0.3, -0.25) is 4.98 Å². The predicted octanol–water partition coefficient (Wildman–Crippen LogP) is 3.33. The van der Waals surface area contributed by atoms with Crippen LogP contribution in [-0.2, 0) is 19.1 Å². The monoisotopic (exact) mass is 378 g/mol. The highest BCUT2D eigenvalue weighted by molar-refractivity contribution is 5.98. The molecule has 2 heterocycles. The van der Waals surface area contributed by atoms with Crippen molar-refractivity contribution >= 4 is 11.9 Å². The lowest BCUT2D eigenvalue weighted by Gasteiger charge is -2.25. The second kappa shape index (κ2) is 8.99. The molecule has 0 atom stereocenters. The van der Waals surface area contributed by atoms with Gasteiger partial charge in [0.15, 0.2) is 0 Å². The van der Waals surface area contributed by atoms with Crippen molar-refractivity contribution < 1.29 is 19.1 Å². The van der Waals surface area contributed by atoms with Crippen LogP contribution in [0.3, 0.4) is 0 Å². The predicted molar refractivity (Wildman–Crippen MR) is 105 cm³/mol. The third kappa shape index (κ3) is 4.11. The minimum atomic E-state index is -0.587. The molecule has 1 aromatic carbocycles. The summed E-state index contributed by atoms with van der Waals surface area (Å²) in [5, 5.41) is 2.87. The van der Waals surface area contributed by atoms with Crippen LogP contribution < -0.4 is 5.32 Å². The molecule has 2 aromatic rings. The number of carbonyl (C=O) groups excluding carboxylic acids is 2. The molecule has 1 N–H and O–H groups in total. The lowest BCUT2D eigenvalue weighted by Crippen LogP contribution is -2.27. The van der Waals surface area contributed by atoms with E-state index in [9.17, 15) is 9.59 Å². The van der Waals surface area contributed by atoms with E-state index in [1.54, 1.807) is 38.6 Å². The standard InChI is InChI=1S/C22H22N2O4/c1-3-27-21(25)18-13-24-14-19(22(26)28-4-2)20(18)16-8-5-7-15(11-16)17-9-6-10-23-12-17/h5-14,20,24H,3-4H2,1-2H3. The number of rotatable bonds is 6. The summed E-state index contributed by atoms with van der Waals surface area (Å²) >= 11 is 0. The van der Waals surface area contributed by atoms with Crippen molar-refractivity contribution in [2.24, 2.45) is 0 Å². The summed E-state index contributed by atoms with van der Waals surface area (Å²) in [6.07, 6.45) is 6.62. The fourth-order valence-electron chi connectivity index (χ4n) is 3.13. The van der Waals surface area contributed by atoms with Gasteiger partial charge in [0, 0.05) is 24.8 Å². The van der Waals surface area contributed by atoms with Crippen LogP contribution in [0.4, 0.5) is 0 Å². The number of ether oxygens (including phenoxy) is 2. The van der Waals surface area contributed by atoms with E-state index in [4.69, 9.17) is 9.47 Å². The van der Waals surface area contributed by atoms with Gasteiger partial charge in [0.05, 0.1) is 30.3 Å². The van der Waals surface area contributed by atoms with Crippen molar-refractivity contribution in [3.8, 4) is 11.1 Å². The average Bonchev–Trinajstić information content (AvgIpc) is 2.74. The first-order valence-corrected chi connectivity index (χ1v) is 9.16. The number of nitrogens with zero attached hydrogens (tertiary/aromatic N) is 1. The second-order valence-electron chi connectivity index (χ2n) is 6.11. The number of carbonyl (C=O) groups is 2. The van der Waals surface area contributed by atoms with Gasteiger partial charge in [-0.1, -0.05) is 30.3 Å².